The molecule has 6 rings (SSSR count). The maximum atomic E-state index is 5.87. The Labute approximate surface area is 246 Å². The quantitative estimate of drug-likeness (QED) is 0.185. The summed E-state index contributed by atoms with van der Waals surface area (Å²) < 4.78 is 17.0. The molecule has 0 aliphatic rings. The molecule has 198 valence electrons. The van der Waals surface area contributed by atoms with Crippen LogP contribution in [0.1, 0.15) is 11.4 Å². The van der Waals surface area contributed by atoms with Gasteiger partial charge in [0.15, 0.2) is 0 Å². The molecule has 0 amide bonds. The number of halogens is 3. The zero-order valence-electron chi connectivity index (χ0n) is 21.6. The second-order valence-corrected chi connectivity index (χ2v) is 10.7. The molecule has 0 saturated carbocycles. The largest absolute Gasteiger partial charge is 0.487 e. The fraction of sp³-hybridized carbons (Fsp3) is 0.125. The van der Waals surface area contributed by atoms with E-state index in [4.69, 9.17) is 32.7 Å². The third-order valence-corrected chi connectivity index (χ3v) is 7.99. The van der Waals surface area contributed by atoms with Crippen LogP contribution in [-0.2, 0) is 27.3 Å². The zero-order valence-corrected chi connectivity index (χ0v) is 24.7. The number of aromatic nitrogens is 2. The molecule has 0 atom stereocenters. The minimum absolute atomic E-state index is 0.507. The van der Waals surface area contributed by atoms with Crippen molar-refractivity contribution < 1.29 is 9.47 Å². The normalized spacial score (nSPS) is 10.9. The van der Waals surface area contributed by atoms with Crippen molar-refractivity contribution in [2.24, 2.45) is 14.1 Å². The number of aryl methyl sites for hydroxylation is 2. The smallest absolute Gasteiger partial charge is 0.129 e. The molecule has 39 heavy (non-hydrogen) atoms. The molecule has 4 aromatic carbocycles. The highest BCUT2D eigenvalue weighted by Crippen LogP contribution is 2.31. The number of ether oxygens (including phenoxy) is 2. The van der Waals surface area contributed by atoms with Gasteiger partial charge in [-0.25, -0.2) is 0 Å². The first-order chi connectivity index (χ1) is 18.9. The van der Waals surface area contributed by atoms with Crippen LogP contribution in [0.3, 0.4) is 0 Å². The lowest BCUT2D eigenvalue weighted by molar-refractivity contribution is 0.297. The highest BCUT2D eigenvalue weighted by Gasteiger charge is 2.13. The van der Waals surface area contributed by atoms with Crippen molar-refractivity contribution in [2.45, 2.75) is 13.2 Å². The number of hydrogen-bond acceptors (Lipinski definition) is 2. The third kappa shape index (κ3) is 6.27. The maximum absolute atomic E-state index is 5.87. The van der Waals surface area contributed by atoms with E-state index in [-0.39, 0.29) is 0 Å². The van der Waals surface area contributed by atoms with Crippen LogP contribution in [0.15, 0.2) is 108 Å². The molecule has 6 aromatic rings. The van der Waals surface area contributed by atoms with Crippen LogP contribution >= 0.6 is 39.1 Å². The van der Waals surface area contributed by atoms with Crippen molar-refractivity contribution in [3.63, 3.8) is 0 Å². The summed E-state index contributed by atoms with van der Waals surface area (Å²) in [6.07, 6.45) is 0. The molecule has 0 spiro atoms. The Morgan fingerprint density at radius 3 is 1.77 bits per heavy atom. The van der Waals surface area contributed by atoms with Gasteiger partial charge in [-0.1, -0.05) is 59.6 Å². The third-order valence-electron chi connectivity index (χ3n) is 6.60. The SMILES string of the molecule is Cn1c(COc2ccc(Cl)cc2)c(Br)c2ccccc21.Cn1c(COc2ccc(Cl)cc2)cc2ccccc21. The van der Waals surface area contributed by atoms with E-state index in [0.717, 1.165) is 32.4 Å². The highest BCUT2D eigenvalue weighted by atomic mass is 79.9. The average molecular weight is 622 g/mol. The van der Waals surface area contributed by atoms with Crippen molar-refractivity contribution in [1.29, 1.82) is 0 Å². The van der Waals surface area contributed by atoms with Gasteiger partial charge in [-0.3, -0.25) is 0 Å². The van der Waals surface area contributed by atoms with E-state index in [1.54, 1.807) is 0 Å². The minimum Gasteiger partial charge on any atom is -0.487 e. The van der Waals surface area contributed by atoms with Gasteiger partial charge in [0.05, 0.1) is 11.4 Å². The Kier molecular flexibility index (Phi) is 8.51. The Balaban J connectivity index is 0.000000158. The molecule has 0 bridgehead atoms. The number of fused-ring (bicyclic) bond motifs is 2. The van der Waals surface area contributed by atoms with E-state index in [9.17, 15) is 0 Å². The van der Waals surface area contributed by atoms with E-state index in [1.165, 1.54) is 21.8 Å². The molecule has 0 radical (unpaired) electrons. The summed E-state index contributed by atoms with van der Waals surface area (Å²) in [6.45, 7) is 1.06. The van der Waals surface area contributed by atoms with E-state index in [2.05, 4.69) is 62.4 Å². The topological polar surface area (TPSA) is 28.3 Å². The van der Waals surface area contributed by atoms with E-state index < -0.39 is 0 Å². The number of nitrogens with zero attached hydrogens (tertiary/aromatic N) is 2. The lowest BCUT2D eigenvalue weighted by atomic mass is 10.2. The van der Waals surface area contributed by atoms with Gasteiger partial charge in [-0.15, -0.1) is 0 Å². The minimum atomic E-state index is 0.507. The van der Waals surface area contributed by atoms with Gasteiger partial charge in [0.1, 0.15) is 24.7 Å². The van der Waals surface area contributed by atoms with Gasteiger partial charge >= 0.3 is 0 Å². The molecule has 0 N–H and O–H groups in total. The highest BCUT2D eigenvalue weighted by molar-refractivity contribution is 9.10. The van der Waals surface area contributed by atoms with Crippen LogP contribution in [0.25, 0.3) is 21.8 Å². The van der Waals surface area contributed by atoms with Crippen molar-refractivity contribution >= 4 is 60.9 Å². The van der Waals surface area contributed by atoms with Crippen molar-refractivity contribution in [2.75, 3.05) is 0 Å². The summed E-state index contributed by atoms with van der Waals surface area (Å²) in [7, 11) is 4.11. The number of hydrogen-bond donors (Lipinski definition) is 0. The number of rotatable bonds is 6. The summed E-state index contributed by atoms with van der Waals surface area (Å²) in [4.78, 5) is 0. The Hall–Kier alpha value is -3.38. The molecule has 0 fully saturated rings. The molecular formula is C32H27BrCl2N2O2. The van der Waals surface area contributed by atoms with Crippen molar-refractivity contribution in [3.8, 4) is 11.5 Å². The van der Waals surface area contributed by atoms with Crippen LogP contribution < -0.4 is 9.47 Å². The molecule has 2 heterocycles. The summed E-state index contributed by atoms with van der Waals surface area (Å²) >= 11 is 15.4. The van der Waals surface area contributed by atoms with Crippen LogP contribution in [0.4, 0.5) is 0 Å². The number of benzene rings is 4. The molecule has 0 unspecified atom stereocenters. The standard InChI is InChI=1S/C16H13BrClNO.C16H14ClNO/c1-19-14-5-3-2-4-13(14)16(17)15(19)10-20-12-8-6-11(18)7-9-12;1-18-14(10-12-4-2-3-5-16(12)18)11-19-15-8-6-13(17)7-9-15/h2-9H,10H2,1H3;2-10H,11H2,1H3. The summed E-state index contributed by atoms with van der Waals surface area (Å²) in [5.74, 6) is 1.64. The maximum Gasteiger partial charge on any atom is 0.129 e. The monoisotopic (exact) mass is 620 g/mol. The van der Waals surface area contributed by atoms with E-state index >= 15 is 0 Å². The van der Waals surface area contributed by atoms with Crippen LogP contribution in [0.5, 0.6) is 11.5 Å². The molecule has 0 aliphatic carbocycles. The molecule has 0 aliphatic heterocycles. The molecular weight excluding hydrogens is 595 g/mol. The lowest BCUT2D eigenvalue weighted by Gasteiger charge is -2.08. The molecule has 4 nitrogen and oxygen atoms in total. The Bertz CT molecular complexity index is 1670. The van der Waals surface area contributed by atoms with Gasteiger partial charge in [0.2, 0.25) is 0 Å². The van der Waals surface area contributed by atoms with Gasteiger partial charge in [-0.05, 0) is 88.0 Å². The van der Waals surface area contributed by atoms with Crippen LogP contribution in [0, 0.1) is 0 Å². The second-order valence-electron chi connectivity index (χ2n) is 9.08. The second kappa shape index (κ2) is 12.2. The van der Waals surface area contributed by atoms with E-state index in [0.29, 0.717) is 18.2 Å². The summed E-state index contributed by atoms with van der Waals surface area (Å²) in [5.41, 5.74) is 4.67. The first kappa shape index (κ1) is 27.2. The first-order valence-corrected chi connectivity index (χ1v) is 14.0. The fourth-order valence-corrected chi connectivity index (χ4v) is 5.38. The molecule has 0 saturated heterocycles. The Morgan fingerprint density at radius 1 is 0.641 bits per heavy atom. The molecule has 2 aromatic heterocycles. The van der Waals surface area contributed by atoms with Crippen molar-refractivity contribution in [3.05, 3.63) is 129 Å². The molecule has 7 heteroatoms. The average Bonchev–Trinajstić information content (AvgIpc) is 3.41. The first-order valence-electron chi connectivity index (χ1n) is 12.4. The van der Waals surface area contributed by atoms with Gasteiger partial charge in [0.25, 0.3) is 0 Å². The fourth-order valence-electron chi connectivity index (χ4n) is 4.42. The predicted octanol–water partition coefficient (Wildman–Crippen LogP) is 9.58. The van der Waals surface area contributed by atoms with E-state index in [1.807, 2.05) is 79.8 Å². The summed E-state index contributed by atoms with van der Waals surface area (Å²) in [6, 6.07) is 33.6. The van der Waals surface area contributed by atoms with Crippen LogP contribution in [0.2, 0.25) is 10.0 Å². The lowest BCUT2D eigenvalue weighted by Crippen LogP contribution is -2.02. The number of para-hydroxylation sites is 2. The van der Waals surface area contributed by atoms with Gasteiger partial charge in [-0.2, -0.15) is 0 Å². The van der Waals surface area contributed by atoms with Crippen molar-refractivity contribution in [1.82, 2.24) is 9.13 Å². The summed E-state index contributed by atoms with van der Waals surface area (Å²) in [5, 5.41) is 3.87. The van der Waals surface area contributed by atoms with Gasteiger partial charge < -0.3 is 18.6 Å². The predicted molar refractivity (Wildman–Crippen MR) is 165 cm³/mol. The zero-order chi connectivity index (χ0) is 27.4. The van der Waals surface area contributed by atoms with Crippen LogP contribution in [-0.4, -0.2) is 9.13 Å². The van der Waals surface area contributed by atoms with Gasteiger partial charge in [0, 0.05) is 45.0 Å². The Morgan fingerprint density at radius 2 is 1.18 bits per heavy atom.